The number of nitrogens with one attached hydrogen (secondary N) is 2. The van der Waals surface area contributed by atoms with Crippen molar-refractivity contribution in [2.75, 3.05) is 17.7 Å². The van der Waals surface area contributed by atoms with Gasteiger partial charge in [-0.1, -0.05) is 18.2 Å². The molecule has 0 aliphatic heterocycles. The van der Waals surface area contributed by atoms with E-state index in [-0.39, 0.29) is 11.6 Å². The minimum atomic E-state index is -0.587. The second kappa shape index (κ2) is 8.35. The number of benzene rings is 3. The van der Waals surface area contributed by atoms with Gasteiger partial charge < -0.3 is 15.4 Å². The molecule has 2 amide bonds. The lowest BCUT2D eigenvalue weighted by molar-refractivity contribution is -0.114. The van der Waals surface area contributed by atoms with Crippen molar-refractivity contribution in [2.24, 2.45) is 0 Å². The molecule has 0 atom stereocenters. The molecule has 3 rings (SSSR count). The van der Waals surface area contributed by atoms with Crippen molar-refractivity contribution < 1.29 is 18.7 Å². The SMILES string of the molecule is COc1ccc2cc(/C=C/C(=O)Nc3cc(NC(C)=O)ccc3F)ccc2c1. The van der Waals surface area contributed by atoms with E-state index < -0.39 is 11.7 Å². The molecule has 0 aromatic heterocycles. The summed E-state index contributed by atoms with van der Waals surface area (Å²) >= 11 is 0. The van der Waals surface area contributed by atoms with Crippen molar-refractivity contribution in [3.63, 3.8) is 0 Å². The van der Waals surface area contributed by atoms with E-state index >= 15 is 0 Å². The number of halogens is 1. The molecule has 0 saturated carbocycles. The summed E-state index contributed by atoms with van der Waals surface area (Å²) in [5, 5.41) is 7.06. The summed E-state index contributed by atoms with van der Waals surface area (Å²) in [6.45, 7) is 1.35. The fraction of sp³-hybridized carbons (Fsp3) is 0.0909. The van der Waals surface area contributed by atoms with Crippen LogP contribution < -0.4 is 15.4 Å². The molecular formula is C22H19FN2O3. The average Bonchev–Trinajstić information content (AvgIpc) is 2.68. The number of carbonyl (C=O) groups is 2. The molecule has 0 aliphatic carbocycles. The number of anilines is 2. The Hall–Kier alpha value is -3.67. The first-order valence-corrected chi connectivity index (χ1v) is 8.58. The van der Waals surface area contributed by atoms with Gasteiger partial charge in [0.05, 0.1) is 12.8 Å². The van der Waals surface area contributed by atoms with Gasteiger partial charge in [0.2, 0.25) is 11.8 Å². The van der Waals surface area contributed by atoms with Crippen molar-refractivity contribution in [1.82, 2.24) is 0 Å². The number of rotatable bonds is 5. The Balaban J connectivity index is 1.73. The molecule has 0 spiro atoms. The fourth-order valence-electron chi connectivity index (χ4n) is 2.72. The van der Waals surface area contributed by atoms with Crippen molar-refractivity contribution in [1.29, 1.82) is 0 Å². The Kier molecular flexibility index (Phi) is 5.69. The highest BCUT2D eigenvalue weighted by molar-refractivity contribution is 6.02. The highest BCUT2D eigenvalue weighted by Gasteiger charge is 2.07. The van der Waals surface area contributed by atoms with Gasteiger partial charge in [-0.2, -0.15) is 0 Å². The zero-order chi connectivity index (χ0) is 20.1. The summed E-state index contributed by atoms with van der Waals surface area (Å²) in [4.78, 5) is 23.3. The van der Waals surface area contributed by atoms with E-state index in [0.717, 1.165) is 22.1 Å². The number of fused-ring (bicyclic) bond motifs is 1. The molecule has 0 bridgehead atoms. The molecule has 0 saturated heterocycles. The first kappa shape index (κ1) is 19.1. The minimum absolute atomic E-state index is 0.00786. The van der Waals surface area contributed by atoms with Crippen LogP contribution in [-0.4, -0.2) is 18.9 Å². The Morgan fingerprint density at radius 1 is 0.964 bits per heavy atom. The lowest BCUT2D eigenvalue weighted by Crippen LogP contribution is -2.11. The van der Waals surface area contributed by atoms with E-state index in [2.05, 4.69) is 10.6 Å². The molecule has 3 aromatic rings. The molecule has 28 heavy (non-hydrogen) atoms. The van der Waals surface area contributed by atoms with Crippen LogP contribution in [0, 0.1) is 5.82 Å². The Bertz CT molecular complexity index is 1080. The zero-order valence-corrected chi connectivity index (χ0v) is 15.5. The molecule has 2 N–H and O–H groups in total. The van der Waals surface area contributed by atoms with Gasteiger partial charge in [-0.05, 0) is 58.8 Å². The predicted molar refractivity (Wildman–Crippen MR) is 109 cm³/mol. The van der Waals surface area contributed by atoms with Gasteiger partial charge in [0.25, 0.3) is 0 Å². The van der Waals surface area contributed by atoms with Crippen LogP contribution in [0.25, 0.3) is 16.8 Å². The molecule has 0 fully saturated rings. The number of hydrogen-bond acceptors (Lipinski definition) is 3. The van der Waals surface area contributed by atoms with E-state index in [0.29, 0.717) is 5.69 Å². The summed E-state index contributed by atoms with van der Waals surface area (Å²) in [5.41, 5.74) is 1.23. The van der Waals surface area contributed by atoms with Crippen molar-refractivity contribution in [3.8, 4) is 5.75 Å². The summed E-state index contributed by atoms with van der Waals surface area (Å²) < 4.78 is 19.1. The third-order valence-electron chi connectivity index (χ3n) is 4.04. The number of amides is 2. The smallest absolute Gasteiger partial charge is 0.248 e. The lowest BCUT2D eigenvalue weighted by atomic mass is 10.1. The number of ether oxygens (including phenoxy) is 1. The molecule has 3 aromatic carbocycles. The minimum Gasteiger partial charge on any atom is -0.497 e. The lowest BCUT2D eigenvalue weighted by Gasteiger charge is -2.07. The van der Waals surface area contributed by atoms with Crippen molar-refractivity contribution in [2.45, 2.75) is 6.92 Å². The third-order valence-corrected chi connectivity index (χ3v) is 4.04. The first-order chi connectivity index (χ1) is 13.4. The van der Waals surface area contributed by atoms with E-state index in [1.165, 1.54) is 31.2 Å². The largest absolute Gasteiger partial charge is 0.497 e. The Morgan fingerprint density at radius 2 is 1.71 bits per heavy atom. The van der Waals surface area contributed by atoms with Gasteiger partial charge in [-0.3, -0.25) is 9.59 Å². The molecule has 0 heterocycles. The maximum atomic E-state index is 13.9. The van der Waals surface area contributed by atoms with Crippen LogP contribution in [0.15, 0.2) is 60.7 Å². The highest BCUT2D eigenvalue weighted by Crippen LogP contribution is 2.23. The van der Waals surface area contributed by atoms with E-state index in [1.54, 1.807) is 13.2 Å². The average molecular weight is 378 g/mol. The van der Waals surface area contributed by atoms with Gasteiger partial charge in [-0.25, -0.2) is 4.39 Å². The molecule has 0 unspecified atom stereocenters. The Labute approximate surface area is 161 Å². The molecule has 5 nitrogen and oxygen atoms in total. The van der Waals surface area contributed by atoms with Gasteiger partial charge in [-0.15, -0.1) is 0 Å². The predicted octanol–water partition coefficient (Wildman–Crippen LogP) is 4.60. The second-order valence-electron chi connectivity index (χ2n) is 6.17. The van der Waals surface area contributed by atoms with Gasteiger partial charge in [0.1, 0.15) is 11.6 Å². The number of carbonyl (C=O) groups excluding carboxylic acids is 2. The number of methoxy groups -OCH3 is 1. The normalized spacial score (nSPS) is 10.8. The molecular weight excluding hydrogens is 359 g/mol. The summed E-state index contributed by atoms with van der Waals surface area (Å²) in [7, 11) is 1.62. The van der Waals surface area contributed by atoms with Crippen LogP contribution in [0.1, 0.15) is 12.5 Å². The molecule has 0 radical (unpaired) electrons. The maximum absolute atomic E-state index is 13.9. The van der Waals surface area contributed by atoms with Crippen LogP contribution in [0.4, 0.5) is 15.8 Å². The second-order valence-corrected chi connectivity index (χ2v) is 6.17. The van der Waals surface area contributed by atoms with E-state index in [9.17, 15) is 14.0 Å². The van der Waals surface area contributed by atoms with Crippen LogP contribution >= 0.6 is 0 Å². The third kappa shape index (κ3) is 4.73. The van der Waals surface area contributed by atoms with E-state index in [4.69, 9.17) is 4.74 Å². The quantitative estimate of drug-likeness (QED) is 0.638. The summed E-state index contributed by atoms with van der Waals surface area (Å²) in [6, 6.07) is 15.5. The van der Waals surface area contributed by atoms with Crippen LogP contribution in [0.3, 0.4) is 0 Å². The van der Waals surface area contributed by atoms with Gasteiger partial charge in [0, 0.05) is 18.7 Å². The summed E-state index contributed by atoms with van der Waals surface area (Å²) in [6.07, 6.45) is 2.98. The molecule has 6 heteroatoms. The maximum Gasteiger partial charge on any atom is 0.248 e. The first-order valence-electron chi connectivity index (χ1n) is 8.58. The Morgan fingerprint density at radius 3 is 2.46 bits per heavy atom. The van der Waals surface area contributed by atoms with Gasteiger partial charge >= 0.3 is 0 Å². The van der Waals surface area contributed by atoms with Crippen molar-refractivity contribution in [3.05, 3.63) is 72.1 Å². The standard InChI is InChI=1S/C22H19FN2O3/c1-14(26)24-18-7-9-20(23)21(13-18)25-22(27)10-4-15-3-5-17-12-19(28-2)8-6-16(17)11-15/h3-13H,1-2H3,(H,24,26)(H,25,27)/b10-4+. The van der Waals surface area contributed by atoms with E-state index in [1.807, 2.05) is 36.4 Å². The monoisotopic (exact) mass is 378 g/mol. The summed E-state index contributed by atoms with van der Waals surface area (Å²) in [5.74, 6) is -0.569. The number of hydrogen-bond donors (Lipinski definition) is 2. The molecule has 142 valence electrons. The van der Waals surface area contributed by atoms with Crippen LogP contribution in [0.5, 0.6) is 5.75 Å². The zero-order valence-electron chi connectivity index (χ0n) is 15.5. The van der Waals surface area contributed by atoms with Gasteiger partial charge in [0.15, 0.2) is 0 Å². The van der Waals surface area contributed by atoms with Crippen molar-refractivity contribution >= 4 is 40.0 Å². The topological polar surface area (TPSA) is 67.4 Å². The van der Waals surface area contributed by atoms with Crippen LogP contribution in [-0.2, 0) is 9.59 Å². The molecule has 0 aliphatic rings. The highest BCUT2D eigenvalue weighted by atomic mass is 19.1. The fourth-order valence-corrected chi connectivity index (χ4v) is 2.72. The van der Waals surface area contributed by atoms with Crippen LogP contribution in [0.2, 0.25) is 0 Å².